The Morgan fingerprint density at radius 3 is 2.72 bits per heavy atom. The molecule has 9 heteroatoms. The lowest BCUT2D eigenvalue weighted by atomic mass is 10.3. The van der Waals surface area contributed by atoms with Gasteiger partial charge in [-0.15, -0.1) is 0 Å². The second kappa shape index (κ2) is 6.08. The molecule has 1 aromatic heterocycles. The van der Waals surface area contributed by atoms with E-state index in [1.54, 1.807) is 25.3 Å². The molecule has 0 bridgehead atoms. The number of nitrogens with zero attached hydrogens (tertiary/aromatic N) is 1. The first-order valence-electron chi connectivity index (χ1n) is 7.42. The first-order chi connectivity index (χ1) is 12.0. The molecule has 1 aliphatic rings. The molecule has 0 amide bonds. The van der Waals surface area contributed by atoms with Gasteiger partial charge in [-0.25, -0.2) is 13.4 Å². The fourth-order valence-corrected chi connectivity index (χ4v) is 4.58. The summed E-state index contributed by atoms with van der Waals surface area (Å²) in [6.45, 7) is 0.843. The Morgan fingerprint density at radius 2 is 1.92 bits per heavy atom. The number of hydrogen-bond acceptors (Lipinski definition) is 7. The molecule has 0 spiro atoms. The van der Waals surface area contributed by atoms with Gasteiger partial charge in [0.25, 0.3) is 10.0 Å². The van der Waals surface area contributed by atoms with Crippen molar-refractivity contribution in [2.75, 3.05) is 25.0 Å². The topological polar surface area (TPSA) is 86.8 Å². The van der Waals surface area contributed by atoms with E-state index in [1.807, 2.05) is 6.07 Å². The SMILES string of the molecule is COc1ccc2nc(NS(=O)(=O)c3ccc4c(c3)OCCO4)sc2c1. The van der Waals surface area contributed by atoms with E-state index in [0.717, 1.165) is 4.70 Å². The molecule has 7 nitrogen and oxygen atoms in total. The molecule has 2 heterocycles. The fourth-order valence-electron chi connectivity index (χ4n) is 2.44. The van der Waals surface area contributed by atoms with Crippen LogP contribution in [0.5, 0.6) is 17.2 Å². The van der Waals surface area contributed by atoms with Gasteiger partial charge in [0.05, 0.1) is 22.2 Å². The van der Waals surface area contributed by atoms with Crippen LogP contribution in [0.25, 0.3) is 10.2 Å². The zero-order chi connectivity index (χ0) is 17.4. The highest BCUT2D eigenvalue weighted by Crippen LogP contribution is 2.34. The number of hydrogen-bond donors (Lipinski definition) is 1. The van der Waals surface area contributed by atoms with Crippen LogP contribution >= 0.6 is 11.3 Å². The second-order valence-corrected chi connectivity index (χ2v) is 7.98. The van der Waals surface area contributed by atoms with Crippen LogP contribution in [-0.4, -0.2) is 33.7 Å². The number of thiazole rings is 1. The molecule has 0 saturated carbocycles. The smallest absolute Gasteiger partial charge is 0.263 e. The number of rotatable bonds is 4. The van der Waals surface area contributed by atoms with E-state index in [-0.39, 0.29) is 10.0 Å². The van der Waals surface area contributed by atoms with Crippen molar-refractivity contribution >= 4 is 36.7 Å². The van der Waals surface area contributed by atoms with Gasteiger partial charge in [0, 0.05) is 6.07 Å². The van der Waals surface area contributed by atoms with Crippen molar-refractivity contribution in [3.8, 4) is 17.2 Å². The third-order valence-electron chi connectivity index (χ3n) is 3.64. The summed E-state index contributed by atoms with van der Waals surface area (Å²) >= 11 is 1.24. The molecule has 25 heavy (non-hydrogen) atoms. The van der Waals surface area contributed by atoms with Crippen LogP contribution in [-0.2, 0) is 10.0 Å². The van der Waals surface area contributed by atoms with Crippen molar-refractivity contribution in [3.63, 3.8) is 0 Å². The molecule has 0 fully saturated rings. The maximum atomic E-state index is 12.6. The molecule has 1 N–H and O–H groups in total. The van der Waals surface area contributed by atoms with Crippen molar-refractivity contribution in [3.05, 3.63) is 36.4 Å². The quantitative estimate of drug-likeness (QED) is 0.751. The normalized spacial score (nSPS) is 13.6. The molecule has 1 aliphatic heterocycles. The van der Waals surface area contributed by atoms with Crippen LogP contribution in [0, 0.1) is 0 Å². The summed E-state index contributed by atoms with van der Waals surface area (Å²) in [6.07, 6.45) is 0. The summed E-state index contributed by atoms with van der Waals surface area (Å²) < 4.78 is 44.6. The first-order valence-corrected chi connectivity index (χ1v) is 9.72. The monoisotopic (exact) mass is 378 g/mol. The molecule has 2 aromatic carbocycles. The number of ether oxygens (including phenoxy) is 3. The van der Waals surface area contributed by atoms with Crippen LogP contribution < -0.4 is 18.9 Å². The molecular formula is C16H14N2O5S2. The number of methoxy groups -OCH3 is 1. The summed E-state index contributed by atoms with van der Waals surface area (Å²) in [6, 6.07) is 9.90. The highest BCUT2D eigenvalue weighted by Gasteiger charge is 2.21. The molecular weight excluding hydrogens is 364 g/mol. The van der Waals surface area contributed by atoms with Gasteiger partial charge >= 0.3 is 0 Å². The highest BCUT2D eigenvalue weighted by atomic mass is 32.2. The number of nitrogens with one attached hydrogen (secondary N) is 1. The standard InChI is InChI=1S/C16H14N2O5S2/c1-21-10-2-4-12-15(8-10)24-16(17-12)18-25(19,20)11-3-5-13-14(9-11)23-7-6-22-13/h2-5,8-9H,6-7H2,1H3,(H,17,18). The zero-order valence-electron chi connectivity index (χ0n) is 13.2. The van der Waals surface area contributed by atoms with Gasteiger partial charge in [-0.3, -0.25) is 4.72 Å². The van der Waals surface area contributed by atoms with E-state index in [0.29, 0.717) is 36.0 Å². The number of anilines is 1. The van der Waals surface area contributed by atoms with Crippen molar-refractivity contribution < 1.29 is 22.6 Å². The van der Waals surface area contributed by atoms with Gasteiger partial charge in [0.2, 0.25) is 0 Å². The van der Waals surface area contributed by atoms with Crippen LogP contribution in [0.2, 0.25) is 0 Å². The fraction of sp³-hybridized carbons (Fsp3) is 0.188. The Hall–Kier alpha value is -2.52. The summed E-state index contributed by atoms with van der Waals surface area (Å²) in [4.78, 5) is 4.39. The van der Waals surface area contributed by atoms with Crippen LogP contribution in [0.15, 0.2) is 41.3 Å². The average Bonchev–Trinajstić information content (AvgIpc) is 3.01. The largest absolute Gasteiger partial charge is 0.497 e. The molecule has 130 valence electrons. The number of sulfonamides is 1. The zero-order valence-corrected chi connectivity index (χ0v) is 14.8. The van der Waals surface area contributed by atoms with E-state index in [9.17, 15) is 8.42 Å². The summed E-state index contributed by atoms with van der Waals surface area (Å²) in [5, 5.41) is 0.290. The molecule has 0 unspecified atom stereocenters. The molecule has 0 saturated heterocycles. The van der Waals surface area contributed by atoms with E-state index in [4.69, 9.17) is 14.2 Å². The minimum atomic E-state index is -3.78. The van der Waals surface area contributed by atoms with Crippen molar-refractivity contribution in [1.82, 2.24) is 4.98 Å². The van der Waals surface area contributed by atoms with E-state index >= 15 is 0 Å². The van der Waals surface area contributed by atoms with Crippen LogP contribution in [0.3, 0.4) is 0 Å². The second-order valence-electron chi connectivity index (χ2n) is 5.26. The van der Waals surface area contributed by atoms with Crippen LogP contribution in [0.4, 0.5) is 5.13 Å². The number of benzene rings is 2. The summed E-state index contributed by atoms with van der Waals surface area (Å²) in [5.41, 5.74) is 0.700. The third kappa shape index (κ3) is 3.08. The predicted octanol–water partition coefficient (Wildman–Crippen LogP) is 2.88. The Morgan fingerprint density at radius 1 is 1.12 bits per heavy atom. The molecule has 0 aliphatic carbocycles. The van der Waals surface area contributed by atoms with E-state index < -0.39 is 10.0 Å². The average molecular weight is 378 g/mol. The van der Waals surface area contributed by atoms with Crippen molar-refractivity contribution in [2.24, 2.45) is 0 Å². The Bertz CT molecular complexity index is 1050. The Kier molecular flexibility index (Phi) is 3.89. The maximum Gasteiger partial charge on any atom is 0.263 e. The lowest BCUT2D eigenvalue weighted by Crippen LogP contribution is -2.17. The van der Waals surface area contributed by atoms with Gasteiger partial charge in [0.1, 0.15) is 19.0 Å². The summed E-state index contributed by atoms with van der Waals surface area (Å²) in [7, 11) is -2.20. The van der Waals surface area contributed by atoms with Gasteiger partial charge < -0.3 is 14.2 Å². The number of fused-ring (bicyclic) bond motifs is 2. The van der Waals surface area contributed by atoms with Crippen molar-refractivity contribution in [1.29, 1.82) is 0 Å². The first kappa shape index (κ1) is 16.0. The van der Waals surface area contributed by atoms with Gasteiger partial charge in [-0.1, -0.05) is 11.3 Å². The minimum absolute atomic E-state index is 0.0913. The molecule has 4 rings (SSSR count). The molecule has 0 atom stereocenters. The number of aromatic nitrogens is 1. The predicted molar refractivity (Wildman–Crippen MR) is 94.4 cm³/mol. The Balaban J connectivity index is 1.65. The van der Waals surface area contributed by atoms with E-state index in [1.165, 1.54) is 23.5 Å². The van der Waals surface area contributed by atoms with Gasteiger partial charge in [-0.05, 0) is 30.3 Å². The van der Waals surface area contributed by atoms with Gasteiger partial charge in [0.15, 0.2) is 16.6 Å². The highest BCUT2D eigenvalue weighted by molar-refractivity contribution is 7.93. The Labute approximate surface area is 148 Å². The molecule has 0 radical (unpaired) electrons. The van der Waals surface area contributed by atoms with Crippen LogP contribution in [0.1, 0.15) is 0 Å². The molecule has 3 aromatic rings. The van der Waals surface area contributed by atoms with Crippen molar-refractivity contribution in [2.45, 2.75) is 4.90 Å². The van der Waals surface area contributed by atoms with E-state index in [2.05, 4.69) is 9.71 Å². The lowest BCUT2D eigenvalue weighted by Gasteiger charge is -2.18. The minimum Gasteiger partial charge on any atom is -0.497 e. The lowest BCUT2D eigenvalue weighted by molar-refractivity contribution is 0.171. The third-order valence-corrected chi connectivity index (χ3v) is 6.04. The summed E-state index contributed by atoms with van der Waals surface area (Å²) in [5.74, 6) is 1.65. The maximum absolute atomic E-state index is 12.6. The van der Waals surface area contributed by atoms with Gasteiger partial charge in [-0.2, -0.15) is 0 Å².